The molecule has 0 bridgehead atoms. The number of anilines is 2. The zero-order chi connectivity index (χ0) is 15.7. The second-order valence-corrected chi connectivity index (χ2v) is 7.24. The predicted molar refractivity (Wildman–Crippen MR) is 87.8 cm³/mol. The highest BCUT2D eigenvalue weighted by Crippen LogP contribution is 2.30. The van der Waals surface area contributed by atoms with Gasteiger partial charge < -0.3 is 10.5 Å². The summed E-state index contributed by atoms with van der Waals surface area (Å²) in [4.78, 5) is 4.40. The third kappa shape index (κ3) is 2.83. The van der Waals surface area contributed by atoms with Gasteiger partial charge >= 0.3 is 0 Å². The molecule has 0 aliphatic heterocycles. The fourth-order valence-corrected chi connectivity index (χ4v) is 4.03. The second-order valence-electron chi connectivity index (χ2n) is 4.53. The largest absolute Gasteiger partial charge is 0.497 e. The number of ether oxygens (including phenoxy) is 1. The van der Waals surface area contributed by atoms with Gasteiger partial charge in [0.05, 0.1) is 22.2 Å². The number of nitrogens with two attached hydrogens (primary N) is 1. The molecule has 0 saturated carbocycles. The quantitative estimate of drug-likeness (QED) is 0.715. The molecule has 0 saturated heterocycles. The van der Waals surface area contributed by atoms with Crippen LogP contribution in [0, 0.1) is 0 Å². The number of rotatable bonds is 4. The van der Waals surface area contributed by atoms with Gasteiger partial charge in [-0.05, 0) is 42.5 Å². The first-order chi connectivity index (χ1) is 10.5. The molecule has 3 aromatic rings. The van der Waals surface area contributed by atoms with Gasteiger partial charge in [-0.3, -0.25) is 4.72 Å². The van der Waals surface area contributed by atoms with E-state index in [1.54, 1.807) is 19.2 Å². The van der Waals surface area contributed by atoms with Crippen molar-refractivity contribution in [1.29, 1.82) is 0 Å². The van der Waals surface area contributed by atoms with Crippen LogP contribution >= 0.6 is 11.3 Å². The molecule has 0 aliphatic carbocycles. The van der Waals surface area contributed by atoms with Crippen LogP contribution in [0.5, 0.6) is 5.75 Å². The van der Waals surface area contributed by atoms with Crippen LogP contribution in [0.3, 0.4) is 0 Å². The minimum Gasteiger partial charge on any atom is -0.497 e. The lowest BCUT2D eigenvalue weighted by Gasteiger charge is -2.04. The van der Waals surface area contributed by atoms with Gasteiger partial charge in [0.1, 0.15) is 5.75 Å². The number of hydrogen-bond acceptors (Lipinski definition) is 6. The molecule has 0 fully saturated rings. The maximum Gasteiger partial charge on any atom is 0.263 e. The molecular formula is C14H13N3O3S2. The van der Waals surface area contributed by atoms with E-state index in [9.17, 15) is 8.42 Å². The van der Waals surface area contributed by atoms with Gasteiger partial charge in [-0.25, -0.2) is 13.4 Å². The molecule has 0 radical (unpaired) electrons. The number of methoxy groups -OCH3 is 1. The van der Waals surface area contributed by atoms with E-state index in [-0.39, 0.29) is 4.90 Å². The Morgan fingerprint density at radius 2 is 1.91 bits per heavy atom. The van der Waals surface area contributed by atoms with E-state index in [0.717, 1.165) is 4.70 Å². The molecule has 114 valence electrons. The number of nitrogens with one attached hydrogen (secondary N) is 1. The Bertz CT molecular complexity index is 918. The number of aromatic nitrogens is 1. The number of nitrogen functional groups attached to an aromatic ring is 1. The third-order valence-electron chi connectivity index (χ3n) is 3.01. The molecule has 0 amide bonds. The number of fused-ring (bicyclic) bond motifs is 1. The van der Waals surface area contributed by atoms with E-state index in [1.807, 2.05) is 6.07 Å². The molecule has 6 nitrogen and oxygen atoms in total. The van der Waals surface area contributed by atoms with E-state index in [2.05, 4.69) is 9.71 Å². The van der Waals surface area contributed by atoms with Gasteiger partial charge in [-0.2, -0.15) is 0 Å². The molecule has 0 atom stereocenters. The first-order valence-corrected chi connectivity index (χ1v) is 8.61. The van der Waals surface area contributed by atoms with Gasteiger partial charge in [0.2, 0.25) is 0 Å². The lowest BCUT2D eigenvalue weighted by molar-refractivity contribution is 0.415. The van der Waals surface area contributed by atoms with Crippen molar-refractivity contribution in [2.45, 2.75) is 4.90 Å². The minimum absolute atomic E-state index is 0.138. The van der Waals surface area contributed by atoms with Crippen LogP contribution in [-0.4, -0.2) is 20.5 Å². The van der Waals surface area contributed by atoms with Crippen LogP contribution in [0.4, 0.5) is 10.8 Å². The number of thiazole rings is 1. The lowest BCUT2D eigenvalue weighted by Crippen LogP contribution is -2.12. The van der Waals surface area contributed by atoms with E-state index in [0.29, 0.717) is 22.1 Å². The number of hydrogen-bond donors (Lipinski definition) is 2. The average molecular weight is 335 g/mol. The normalized spacial score (nSPS) is 11.5. The molecule has 0 unspecified atom stereocenters. The number of sulfonamides is 1. The molecule has 2 aromatic carbocycles. The molecule has 8 heteroatoms. The standard InChI is InChI=1S/C14H13N3O3S2/c1-20-10-4-7-12-13(8-10)21-14(16-12)17-22(18,19)11-5-2-9(15)3-6-11/h2-8H,15H2,1H3,(H,16,17). The van der Waals surface area contributed by atoms with E-state index in [4.69, 9.17) is 10.5 Å². The first-order valence-electron chi connectivity index (χ1n) is 6.31. The van der Waals surface area contributed by atoms with Gasteiger partial charge in [0.25, 0.3) is 10.0 Å². The van der Waals surface area contributed by atoms with Crippen molar-refractivity contribution in [3.63, 3.8) is 0 Å². The van der Waals surface area contributed by atoms with Crippen molar-refractivity contribution in [2.75, 3.05) is 17.6 Å². The summed E-state index contributed by atoms with van der Waals surface area (Å²) in [6.45, 7) is 0. The summed E-state index contributed by atoms with van der Waals surface area (Å²) in [6.07, 6.45) is 0. The van der Waals surface area contributed by atoms with Gasteiger partial charge in [-0.15, -0.1) is 0 Å². The Labute approximate surface area is 131 Å². The van der Waals surface area contributed by atoms with Crippen LogP contribution in [0.25, 0.3) is 10.2 Å². The summed E-state index contributed by atoms with van der Waals surface area (Å²) in [6, 6.07) is 11.4. The van der Waals surface area contributed by atoms with Crippen molar-refractivity contribution >= 4 is 42.4 Å². The Morgan fingerprint density at radius 3 is 2.59 bits per heavy atom. The van der Waals surface area contributed by atoms with Crippen LogP contribution in [0.1, 0.15) is 0 Å². The van der Waals surface area contributed by atoms with Crippen molar-refractivity contribution < 1.29 is 13.2 Å². The fraction of sp³-hybridized carbons (Fsp3) is 0.0714. The Kier molecular flexibility index (Phi) is 3.63. The Morgan fingerprint density at radius 1 is 1.18 bits per heavy atom. The fourth-order valence-electron chi connectivity index (χ4n) is 1.90. The van der Waals surface area contributed by atoms with Gasteiger partial charge in [-0.1, -0.05) is 11.3 Å². The molecular weight excluding hydrogens is 322 g/mol. The summed E-state index contributed by atoms with van der Waals surface area (Å²) >= 11 is 1.25. The molecule has 0 aliphatic rings. The van der Waals surface area contributed by atoms with E-state index < -0.39 is 10.0 Å². The SMILES string of the molecule is COc1ccc2nc(NS(=O)(=O)c3ccc(N)cc3)sc2c1. The smallest absolute Gasteiger partial charge is 0.263 e. The molecule has 22 heavy (non-hydrogen) atoms. The summed E-state index contributed by atoms with van der Waals surface area (Å²) in [7, 11) is -2.11. The van der Waals surface area contributed by atoms with Gasteiger partial charge in [0.15, 0.2) is 5.13 Å². The zero-order valence-corrected chi connectivity index (χ0v) is 13.2. The van der Waals surface area contributed by atoms with Gasteiger partial charge in [0, 0.05) is 5.69 Å². The molecule has 3 N–H and O–H groups in total. The summed E-state index contributed by atoms with van der Waals surface area (Å²) < 4.78 is 33.1. The highest BCUT2D eigenvalue weighted by molar-refractivity contribution is 7.93. The maximum atomic E-state index is 12.3. The number of nitrogens with zero attached hydrogens (tertiary/aromatic N) is 1. The molecule has 1 aromatic heterocycles. The number of benzene rings is 2. The highest BCUT2D eigenvalue weighted by atomic mass is 32.2. The third-order valence-corrected chi connectivity index (χ3v) is 5.43. The van der Waals surface area contributed by atoms with Crippen molar-refractivity contribution in [3.05, 3.63) is 42.5 Å². The van der Waals surface area contributed by atoms with Crippen LogP contribution in [0.15, 0.2) is 47.4 Å². The average Bonchev–Trinajstić information content (AvgIpc) is 2.87. The van der Waals surface area contributed by atoms with E-state index >= 15 is 0 Å². The van der Waals surface area contributed by atoms with Crippen molar-refractivity contribution in [2.24, 2.45) is 0 Å². The van der Waals surface area contributed by atoms with E-state index in [1.165, 1.54) is 35.6 Å². The summed E-state index contributed by atoms with van der Waals surface area (Å²) in [5, 5.41) is 0.306. The molecule has 1 heterocycles. The van der Waals surface area contributed by atoms with Crippen LogP contribution < -0.4 is 15.2 Å². The monoisotopic (exact) mass is 335 g/mol. The topological polar surface area (TPSA) is 94.3 Å². The van der Waals surface area contributed by atoms with Crippen LogP contribution in [-0.2, 0) is 10.0 Å². The second kappa shape index (κ2) is 5.47. The predicted octanol–water partition coefficient (Wildman–Crippen LogP) is 2.69. The summed E-state index contributed by atoms with van der Waals surface area (Å²) in [5.74, 6) is 0.698. The molecule has 3 rings (SSSR count). The lowest BCUT2D eigenvalue weighted by atomic mass is 10.3. The first kappa shape index (κ1) is 14.6. The Hall–Kier alpha value is -2.32. The highest BCUT2D eigenvalue weighted by Gasteiger charge is 2.16. The molecule has 0 spiro atoms. The van der Waals surface area contributed by atoms with Crippen molar-refractivity contribution in [1.82, 2.24) is 4.98 Å². The van der Waals surface area contributed by atoms with Crippen molar-refractivity contribution in [3.8, 4) is 5.75 Å². The minimum atomic E-state index is -3.68. The Balaban J connectivity index is 1.93. The summed E-state index contributed by atoms with van der Waals surface area (Å²) in [5.41, 5.74) is 6.78. The van der Waals surface area contributed by atoms with Crippen LogP contribution in [0.2, 0.25) is 0 Å². The maximum absolute atomic E-state index is 12.3. The zero-order valence-electron chi connectivity index (χ0n) is 11.6.